The Morgan fingerprint density at radius 3 is 2.45 bits per heavy atom. The highest BCUT2D eigenvalue weighted by atomic mass is 19.4. The lowest BCUT2D eigenvalue weighted by Crippen LogP contribution is -2.38. The molecule has 0 radical (unpaired) electrons. The normalized spacial score (nSPS) is 15.3. The molecule has 2 aromatic carbocycles. The van der Waals surface area contributed by atoms with Crippen LogP contribution in [0.25, 0.3) is 5.57 Å². The molecule has 262 valence electrons. The predicted octanol–water partition coefficient (Wildman–Crippen LogP) is 7.76. The Morgan fingerprint density at radius 1 is 1.12 bits per heavy atom. The smallest absolute Gasteiger partial charge is 0.416 e. The minimum Gasteiger partial charge on any atom is -0.489 e. The number of benzene rings is 2. The van der Waals surface area contributed by atoms with Crippen molar-refractivity contribution in [3.63, 3.8) is 0 Å². The number of ether oxygens (including phenoxy) is 2. The Bertz CT molecular complexity index is 1700. The number of carbonyl (C=O) groups is 1. The highest BCUT2D eigenvalue weighted by Gasteiger charge is 2.31. The van der Waals surface area contributed by atoms with Crippen LogP contribution in [0.3, 0.4) is 0 Å². The van der Waals surface area contributed by atoms with Gasteiger partial charge in [-0.3, -0.25) is 9.69 Å². The Morgan fingerprint density at radius 2 is 1.82 bits per heavy atom. The average molecular weight is 687 g/mol. The van der Waals surface area contributed by atoms with E-state index in [1.807, 2.05) is 0 Å². The highest BCUT2D eigenvalue weighted by molar-refractivity contribution is 6.05. The van der Waals surface area contributed by atoms with Crippen molar-refractivity contribution < 1.29 is 40.7 Å². The number of rotatable bonds is 14. The molecule has 0 unspecified atom stereocenters. The van der Waals surface area contributed by atoms with Crippen molar-refractivity contribution in [2.24, 2.45) is 0 Å². The zero-order valence-corrected chi connectivity index (χ0v) is 27.8. The van der Waals surface area contributed by atoms with Gasteiger partial charge in [0.2, 0.25) is 11.7 Å². The van der Waals surface area contributed by atoms with Crippen molar-refractivity contribution in [1.29, 1.82) is 0 Å². The molecule has 1 aliphatic heterocycles. The van der Waals surface area contributed by atoms with E-state index in [0.29, 0.717) is 48.4 Å². The van der Waals surface area contributed by atoms with Gasteiger partial charge in [-0.1, -0.05) is 35.5 Å². The molecule has 49 heavy (non-hydrogen) atoms. The van der Waals surface area contributed by atoms with E-state index in [4.69, 9.17) is 14.0 Å². The number of alkyl halides is 3. The third-order valence-corrected chi connectivity index (χ3v) is 8.28. The van der Waals surface area contributed by atoms with Crippen molar-refractivity contribution >= 4 is 17.5 Å². The van der Waals surface area contributed by atoms with Crippen LogP contribution in [0.1, 0.15) is 49.2 Å². The molecule has 1 saturated heterocycles. The number of nitrogens with zero attached hydrogens (tertiary/aromatic N) is 4. The Labute approximate surface area is 282 Å². The standard InChI is InChI=1S/C36H39F5N4O4/c1-6-29(37)12-7-25(3)35(4,5)34-42-33(43-49-34)27(23-46)22-45(21-26-8-10-28(11-9-26)36(39,40)41)31-20-32(30(38)19-24(31)2)48-18-15-44-13-16-47-17-14-44/h6-12,19-20,22-23H,1,13-18,21H2,2-5H3/b25-7+,27-22+,29-12+. The predicted molar refractivity (Wildman–Crippen MR) is 176 cm³/mol. The van der Waals surface area contributed by atoms with Gasteiger partial charge in [-0.25, -0.2) is 8.78 Å². The molecule has 8 nitrogen and oxygen atoms in total. The van der Waals surface area contributed by atoms with Crippen LogP contribution in [0.4, 0.5) is 27.6 Å². The molecule has 0 saturated carbocycles. The SMILES string of the molecule is C=C/C(F)=C\C=C(/C)C(C)(C)c1nc(/C(C=O)=C/N(Cc2ccc(C(F)(F)F)cc2)c2cc(OCCN3CCOCC3)c(F)cc2C)no1. The zero-order chi connectivity index (χ0) is 35.8. The van der Waals surface area contributed by atoms with Crippen LogP contribution < -0.4 is 9.64 Å². The molecule has 2 heterocycles. The second-order valence-corrected chi connectivity index (χ2v) is 12.0. The van der Waals surface area contributed by atoms with Crippen LogP contribution in [-0.4, -0.2) is 60.8 Å². The van der Waals surface area contributed by atoms with E-state index < -0.39 is 28.8 Å². The van der Waals surface area contributed by atoms with Gasteiger partial charge in [-0.15, -0.1) is 0 Å². The highest BCUT2D eigenvalue weighted by Crippen LogP contribution is 2.34. The van der Waals surface area contributed by atoms with Gasteiger partial charge in [0, 0.05) is 44.1 Å². The summed E-state index contributed by atoms with van der Waals surface area (Å²) in [6.45, 7) is 13.8. The maximum absolute atomic E-state index is 15.1. The molecule has 0 atom stereocenters. The number of aryl methyl sites for hydroxylation is 1. The van der Waals surface area contributed by atoms with Gasteiger partial charge in [-0.2, -0.15) is 18.2 Å². The summed E-state index contributed by atoms with van der Waals surface area (Å²) in [5, 5.41) is 4.01. The molecule has 3 aromatic rings. The number of hydrogen-bond donors (Lipinski definition) is 0. The summed E-state index contributed by atoms with van der Waals surface area (Å²) < 4.78 is 85.3. The molecule has 0 amide bonds. The van der Waals surface area contributed by atoms with E-state index in [9.17, 15) is 22.4 Å². The molecule has 13 heteroatoms. The Hall–Kier alpha value is -4.62. The maximum Gasteiger partial charge on any atom is 0.416 e. The Kier molecular flexibility index (Phi) is 12.3. The largest absolute Gasteiger partial charge is 0.489 e. The maximum atomic E-state index is 15.1. The minimum absolute atomic E-state index is 0.00554. The molecule has 0 aliphatic carbocycles. The van der Waals surface area contributed by atoms with Gasteiger partial charge in [-0.05, 0) is 69.2 Å². The number of carbonyl (C=O) groups excluding carboxylic acids is 1. The molecule has 0 spiro atoms. The van der Waals surface area contributed by atoms with E-state index in [-0.39, 0.29) is 36.2 Å². The van der Waals surface area contributed by atoms with Gasteiger partial charge in [0.15, 0.2) is 17.9 Å². The summed E-state index contributed by atoms with van der Waals surface area (Å²) in [4.78, 5) is 20.6. The lowest BCUT2D eigenvalue weighted by molar-refractivity contribution is -0.137. The first kappa shape index (κ1) is 37.2. The summed E-state index contributed by atoms with van der Waals surface area (Å²) >= 11 is 0. The number of allylic oxidation sites excluding steroid dienone is 6. The van der Waals surface area contributed by atoms with Crippen LogP contribution in [0, 0.1) is 12.7 Å². The number of hydrogen-bond acceptors (Lipinski definition) is 8. The van der Waals surface area contributed by atoms with E-state index in [1.54, 1.807) is 38.7 Å². The third-order valence-electron chi connectivity index (χ3n) is 8.28. The topological polar surface area (TPSA) is 80.9 Å². The number of halogens is 5. The number of anilines is 1. The fourth-order valence-corrected chi connectivity index (χ4v) is 4.92. The lowest BCUT2D eigenvalue weighted by atomic mass is 9.84. The quantitative estimate of drug-likeness (QED) is 0.0737. The average Bonchev–Trinajstić information content (AvgIpc) is 3.58. The minimum atomic E-state index is -4.52. The van der Waals surface area contributed by atoms with E-state index in [0.717, 1.165) is 31.3 Å². The van der Waals surface area contributed by atoms with Crippen LogP contribution in [0.5, 0.6) is 5.75 Å². The number of aldehydes is 1. The number of morpholine rings is 1. The molecular weight excluding hydrogens is 647 g/mol. The summed E-state index contributed by atoms with van der Waals surface area (Å²) in [5.41, 5.74) is 0.387. The van der Waals surface area contributed by atoms with Gasteiger partial charge in [0.1, 0.15) is 12.4 Å². The van der Waals surface area contributed by atoms with Gasteiger partial charge in [0.05, 0.1) is 29.8 Å². The van der Waals surface area contributed by atoms with Crippen molar-refractivity contribution in [2.45, 2.75) is 45.8 Å². The van der Waals surface area contributed by atoms with Crippen LogP contribution in [0.2, 0.25) is 0 Å². The van der Waals surface area contributed by atoms with Crippen molar-refractivity contribution in [3.05, 3.63) is 113 Å². The van der Waals surface area contributed by atoms with Crippen LogP contribution in [-0.2, 0) is 27.7 Å². The van der Waals surface area contributed by atoms with Crippen LogP contribution in [0.15, 0.2) is 83.3 Å². The van der Waals surface area contributed by atoms with Crippen molar-refractivity contribution in [2.75, 3.05) is 44.4 Å². The van der Waals surface area contributed by atoms with E-state index >= 15 is 4.39 Å². The molecule has 4 rings (SSSR count). The Balaban J connectivity index is 1.70. The first-order chi connectivity index (χ1) is 23.2. The first-order valence-corrected chi connectivity index (χ1v) is 15.6. The second kappa shape index (κ2) is 16.2. The lowest BCUT2D eigenvalue weighted by Gasteiger charge is -2.27. The fraction of sp³-hybridized carbons (Fsp3) is 0.361. The van der Waals surface area contributed by atoms with Gasteiger partial charge < -0.3 is 18.9 Å². The van der Waals surface area contributed by atoms with E-state index in [2.05, 4.69) is 21.6 Å². The molecule has 0 bridgehead atoms. The summed E-state index contributed by atoms with van der Waals surface area (Å²) in [5.74, 6) is -1.05. The monoisotopic (exact) mass is 686 g/mol. The second-order valence-electron chi connectivity index (χ2n) is 12.0. The molecule has 0 N–H and O–H groups in total. The molecular formula is C36H39F5N4O4. The van der Waals surface area contributed by atoms with Gasteiger partial charge >= 0.3 is 6.18 Å². The number of aromatic nitrogens is 2. The van der Waals surface area contributed by atoms with E-state index in [1.165, 1.54) is 36.5 Å². The molecule has 1 aromatic heterocycles. The summed E-state index contributed by atoms with van der Waals surface area (Å²) in [6.07, 6.45) is 1.31. The third kappa shape index (κ3) is 9.73. The fourth-order valence-electron chi connectivity index (χ4n) is 4.92. The first-order valence-electron chi connectivity index (χ1n) is 15.6. The molecule has 1 aliphatic rings. The van der Waals surface area contributed by atoms with Crippen LogP contribution >= 0.6 is 0 Å². The van der Waals surface area contributed by atoms with Crippen molar-refractivity contribution in [1.82, 2.24) is 15.0 Å². The van der Waals surface area contributed by atoms with Gasteiger partial charge in [0.25, 0.3) is 0 Å². The summed E-state index contributed by atoms with van der Waals surface area (Å²) in [7, 11) is 0. The van der Waals surface area contributed by atoms with Crippen molar-refractivity contribution in [3.8, 4) is 5.75 Å². The molecule has 1 fully saturated rings. The summed E-state index contributed by atoms with van der Waals surface area (Å²) in [6, 6.07) is 7.38. The zero-order valence-electron chi connectivity index (χ0n) is 27.8.